The van der Waals surface area contributed by atoms with E-state index in [1.165, 1.54) is 25.7 Å². The molecule has 1 amide bonds. The quantitative estimate of drug-likeness (QED) is 0.891. The van der Waals surface area contributed by atoms with E-state index in [2.05, 4.69) is 10.4 Å². The lowest BCUT2D eigenvalue weighted by molar-refractivity contribution is -0.122. The fraction of sp³-hybridized carbons (Fsp3) is 0.444. The first-order valence-corrected chi connectivity index (χ1v) is 8.20. The van der Waals surface area contributed by atoms with Gasteiger partial charge in [-0.25, -0.2) is 4.68 Å². The van der Waals surface area contributed by atoms with Gasteiger partial charge in [0.15, 0.2) is 0 Å². The molecule has 0 radical (unpaired) electrons. The van der Waals surface area contributed by atoms with E-state index in [1.54, 1.807) is 11.8 Å². The molecule has 0 unspecified atom stereocenters. The van der Waals surface area contributed by atoms with Gasteiger partial charge in [0, 0.05) is 12.6 Å². The predicted molar refractivity (Wildman–Crippen MR) is 88.5 cm³/mol. The topological polar surface area (TPSA) is 56.1 Å². The van der Waals surface area contributed by atoms with Crippen molar-refractivity contribution >= 4 is 5.91 Å². The molecule has 1 saturated carbocycles. The largest absolute Gasteiger partial charge is 0.497 e. The first-order chi connectivity index (χ1) is 11.2. The number of hydrogen-bond acceptors (Lipinski definition) is 3. The number of amides is 1. The highest BCUT2D eigenvalue weighted by atomic mass is 16.5. The van der Waals surface area contributed by atoms with Crippen molar-refractivity contribution in [3.05, 3.63) is 42.2 Å². The van der Waals surface area contributed by atoms with Gasteiger partial charge in [0.1, 0.15) is 5.75 Å². The van der Waals surface area contributed by atoms with Gasteiger partial charge in [-0.1, -0.05) is 12.8 Å². The van der Waals surface area contributed by atoms with E-state index >= 15 is 0 Å². The third-order valence-electron chi connectivity index (χ3n) is 4.40. The molecule has 5 heteroatoms. The zero-order valence-corrected chi connectivity index (χ0v) is 13.5. The molecule has 5 nitrogen and oxygen atoms in total. The number of nitrogens with zero attached hydrogens (tertiary/aromatic N) is 2. The van der Waals surface area contributed by atoms with E-state index in [0.29, 0.717) is 18.9 Å². The van der Waals surface area contributed by atoms with Crippen LogP contribution in [0.15, 0.2) is 36.5 Å². The number of nitrogens with one attached hydrogen (secondary N) is 1. The SMILES string of the molecule is COc1ccc(-n2ccc(CNC(=O)CC3CCCC3)n2)cc1. The van der Waals surface area contributed by atoms with Gasteiger partial charge in [-0.15, -0.1) is 0 Å². The van der Waals surface area contributed by atoms with Crippen molar-refractivity contribution in [1.29, 1.82) is 0 Å². The molecule has 1 fully saturated rings. The molecule has 1 aromatic heterocycles. The minimum atomic E-state index is 0.135. The average Bonchev–Trinajstić information content (AvgIpc) is 3.25. The van der Waals surface area contributed by atoms with Crippen LogP contribution in [0.1, 0.15) is 37.8 Å². The smallest absolute Gasteiger partial charge is 0.220 e. The Hall–Kier alpha value is -2.30. The third-order valence-corrected chi connectivity index (χ3v) is 4.40. The summed E-state index contributed by atoms with van der Waals surface area (Å²) < 4.78 is 6.96. The summed E-state index contributed by atoms with van der Waals surface area (Å²) in [5, 5.41) is 7.48. The molecule has 1 N–H and O–H groups in total. The molecule has 1 aliphatic carbocycles. The van der Waals surface area contributed by atoms with Gasteiger partial charge in [-0.05, 0) is 49.1 Å². The Balaban J connectivity index is 1.53. The van der Waals surface area contributed by atoms with Crippen LogP contribution in [0.5, 0.6) is 5.75 Å². The summed E-state index contributed by atoms with van der Waals surface area (Å²) in [6.45, 7) is 0.481. The van der Waals surface area contributed by atoms with Crippen LogP contribution >= 0.6 is 0 Å². The van der Waals surface area contributed by atoms with Crippen molar-refractivity contribution in [1.82, 2.24) is 15.1 Å². The summed E-state index contributed by atoms with van der Waals surface area (Å²) in [6.07, 6.45) is 7.48. The number of aromatic nitrogens is 2. The zero-order chi connectivity index (χ0) is 16.1. The molecule has 23 heavy (non-hydrogen) atoms. The van der Waals surface area contributed by atoms with Crippen LogP contribution in [0.3, 0.4) is 0 Å². The summed E-state index contributed by atoms with van der Waals surface area (Å²) in [6, 6.07) is 9.64. The molecular weight excluding hydrogens is 290 g/mol. The van der Waals surface area contributed by atoms with Crippen molar-refractivity contribution in [2.45, 2.75) is 38.6 Å². The lowest BCUT2D eigenvalue weighted by Crippen LogP contribution is -2.24. The standard InChI is InChI=1S/C18H23N3O2/c1-23-17-8-6-16(7-9-17)21-11-10-15(20-21)13-19-18(22)12-14-4-2-3-5-14/h6-11,14H,2-5,12-13H2,1H3,(H,19,22). The number of ether oxygens (including phenoxy) is 1. The third kappa shape index (κ3) is 4.12. The van der Waals surface area contributed by atoms with E-state index in [4.69, 9.17) is 4.74 Å². The highest BCUT2D eigenvalue weighted by Crippen LogP contribution is 2.27. The van der Waals surface area contributed by atoms with E-state index < -0.39 is 0 Å². The van der Waals surface area contributed by atoms with Crippen molar-refractivity contribution in [3.8, 4) is 11.4 Å². The van der Waals surface area contributed by atoms with Gasteiger partial charge in [0.2, 0.25) is 5.91 Å². The van der Waals surface area contributed by atoms with Crippen LogP contribution in [0.25, 0.3) is 5.69 Å². The summed E-state index contributed by atoms with van der Waals surface area (Å²) in [4.78, 5) is 12.0. The van der Waals surface area contributed by atoms with E-state index in [-0.39, 0.29) is 5.91 Å². The van der Waals surface area contributed by atoms with Gasteiger partial charge in [-0.3, -0.25) is 4.79 Å². The monoisotopic (exact) mass is 313 g/mol. The summed E-state index contributed by atoms with van der Waals surface area (Å²) >= 11 is 0. The highest BCUT2D eigenvalue weighted by molar-refractivity contribution is 5.76. The molecule has 0 spiro atoms. The number of methoxy groups -OCH3 is 1. The Bertz CT molecular complexity index is 643. The molecule has 0 atom stereocenters. The Kier molecular flexibility index (Phi) is 4.95. The maximum Gasteiger partial charge on any atom is 0.220 e. The average molecular weight is 313 g/mol. The summed E-state index contributed by atoms with van der Waals surface area (Å²) in [5.74, 6) is 1.53. The molecule has 0 aliphatic heterocycles. The fourth-order valence-corrected chi connectivity index (χ4v) is 3.07. The van der Waals surface area contributed by atoms with Crippen molar-refractivity contribution < 1.29 is 9.53 Å². The molecule has 122 valence electrons. The van der Waals surface area contributed by atoms with Crippen molar-refractivity contribution in [2.24, 2.45) is 5.92 Å². The number of rotatable bonds is 6. The van der Waals surface area contributed by atoms with E-state index in [0.717, 1.165) is 17.1 Å². The number of benzene rings is 1. The Morgan fingerprint density at radius 3 is 2.70 bits per heavy atom. The summed E-state index contributed by atoms with van der Waals surface area (Å²) in [7, 11) is 1.65. The second kappa shape index (κ2) is 7.31. The maximum atomic E-state index is 12.0. The molecule has 0 saturated heterocycles. The van der Waals surface area contributed by atoms with Crippen LogP contribution in [-0.4, -0.2) is 22.8 Å². The Morgan fingerprint density at radius 2 is 2.00 bits per heavy atom. The number of carbonyl (C=O) groups is 1. The molecular formula is C18H23N3O2. The Morgan fingerprint density at radius 1 is 1.26 bits per heavy atom. The molecule has 0 bridgehead atoms. The second-order valence-electron chi connectivity index (χ2n) is 6.08. The normalized spacial score (nSPS) is 14.8. The van der Waals surface area contributed by atoms with Crippen LogP contribution in [0, 0.1) is 5.92 Å². The van der Waals surface area contributed by atoms with Crippen LogP contribution in [0.4, 0.5) is 0 Å². The minimum absolute atomic E-state index is 0.135. The van der Waals surface area contributed by atoms with Gasteiger partial charge >= 0.3 is 0 Å². The van der Waals surface area contributed by atoms with Crippen molar-refractivity contribution in [3.63, 3.8) is 0 Å². The van der Waals surface area contributed by atoms with Gasteiger partial charge in [-0.2, -0.15) is 5.10 Å². The lowest BCUT2D eigenvalue weighted by Gasteiger charge is -2.08. The molecule has 1 aromatic carbocycles. The van der Waals surface area contributed by atoms with Gasteiger partial charge < -0.3 is 10.1 Å². The maximum absolute atomic E-state index is 12.0. The first-order valence-electron chi connectivity index (χ1n) is 8.20. The highest BCUT2D eigenvalue weighted by Gasteiger charge is 2.18. The van der Waals surface area contributed by atoms with Gasteiger partial charge in [0.25, 0.3) is 0 Å². The Labute approximate surface area is 136 Å². The second-order valence-corrected chi connectivity index (χ2v) is 6.08. The molecule has 1 aliphatic rings. The summed E-state index contributed by atoms with van der Waals surface area (Å²) in [5.41, 5.74) is 1.83. The number of hydrogen-bond donors (Lipinski definition) is 1. The van der Waals surface area contributed by atoms with Crippen LogP contribution in [-0.2, 0) is 11.3 Å². The predicted octanol–water partition coefficient (Wildman–Crippen LogP) is 3.08. The number of carbonyl (C=O) groups excluding carboxylic acids is 1. The fourth-order valence-electron chi connectivity index (χ4n) is 3.07. The lowest BCUT2D eigenvalue weighted by atomic mass is 10.0. The minimum Gasteiger partial charge on any atom is -0.497 e. The zero-order valence-electron chi connectivity index (χ0n) is 13.5. The van der Waals surface area contributed by atoms with Crippen molar-refractivity contribution in [2.75, 3.05) is 7.11 Å². The van der Waals surface area contributed by atoms with E-state index in [1.807, 2.05) is 36.5 Å². The molecule has 1 heterocycles. The first kappa shape index (κ1) is 15.6. The van der Waals surface area contributed by atoms with Gasteiger partial charge in [0.05, 0.1) is 25.0 Å². The van der Waals surface area contributed by atoms with E-state index in [9.17, 15) is 4.79 Å². The molecule has 3 rings (SSSR count). The van der Waals surface area contributed by atoms with Crippen LogP contribution < -0.4 is 10.1 Å². The molecule has 2 aromatic rings. The van der Waals surface area contributed by atoms with Crippen LogP contribution in [0.2, 0.25) is 0 Å².